The maximum atomic E-state index is 13.7. The van der Waals surface area contributed by atoms with Gasteiger partial charge in [-0.25, -0.2) is 4.39 Å². The SMILES string of the molecule is CC1(C)CC2CC(C)(CN2C(=O)c2cc3ccsc3n2Cc2ccc(F)cc2)C1. The number of hydrogen-bond acceptors (Lipinski definition) is 2. The summed E-state index contributed by atoms with van der Waals surface area (Å²) < 4.78 is 15.5. The van der Waals surface area contributed by atoms with E-state index in [1.165, 1.54) is 18.6 Å². The van der Waals surface area contributed by atoms with Gasteiger partial charge in [0.2, 0.25) is 0 Å². The summed E-state index contributed by atoms with van der Waals surface area (Å²) in [7, 11) is 0. The molecule has 2 atom stereocenters. The summed E-state index contributed by atoms with van der Waals surface area (Å²) in [5, 5.41) is 3.17. The maximum Gasteiger partial charge on any atom is 0.270 e. The Balaban J connectivity index is 1.51. The number of thiophene rings is 1. The van der Waals surface area contributed by atoms with Gasteiger partial charge in [0.05, 0.1) is 0 Å². The number of nitrogens with zero attached hydrogens (tertiary/aromatic N) is 2. The van der Waals surface area contributed by atoms with E-state index >= 15 is 0 Å². The minimum atomic E-state index is -0.237. The first-order chi connectivity index (χ1) is 13.7. The topological polar surface area (TPSA) is 25.2 Å². The van der Waals surface area contributed by atoms with Crippen LogP contribution in [0.5, 0.6) is 0 Å². The standard InChI is InChI=1S/C24H27FN2OS/c1-23(2)11-19-12-24(3,14-23)15-27(19)21(28)20-10-17-8-9-29-22(17)26(20)13-16-4-6-18(25)7-5-16/h4-10,19H,11-15H2,1-3H3. The third kappa shape index (κ3) is 3.29. The van der Waals surface area contributed by atoms with E-state index in [0.717, 1.165) is 40.9 Å². The number of aromatic nitrogens is 1. The van der Waals surface area contributed by atoms with Gasteiger partial charge in [-0.15, -0.1) is 11.3 Å². The molecule has 0 N–H and O–H groups in total. The minimum absolute atomic E-state index is 0.141. The van der Waals surface area contributed by atoms with E-state index in [1.54, 1.807) is 23.5 Å². The molecule has 0 radical (unpaired) electrons. The van der Waals surface area contributed by atoms with Crippen LogP contribution >= 0.6 is 11.3 Å². The van der Waals surface area contributed by atoms with Crippen molar-refractivity contribution in [2.75, 3.05) is 6.54 Å². The van der Waals surface area contributed by atoms with Crippen LogP contribution < -0.4 is 0 Å². The highest BCUT2D eigenvalue weighted by Crippen LogP contribution is 2.52. The summed E-state index contributed by atoms with van der Waals surface area (Å²) in [5.74, 6) is -0.0963. The van der Waals surface area contributed by atoms with Crippen molar-refractivity contribution in [1.82, 2.24) is 9.47 Å². The summed E-state index contributed by atoms with van der Waals surface area (Å²) in [6.45, 7) is 8.42. The summed E-state index contributed by atoms with van der Waals surface area (Å²) in [6, 6.07) is 11.0. The van der Waals surface area contributed by atoms with Crippen LogP contribution in [0.2, 0.25) is 0 Å². The Morgan fingerprint density at radius 1 is 1.17 bits per heavy atom. The second kappa shape index (κ2) is 6.43. The maximum absolute atomic E-state index is 13.7. The Hall–Kier alpha value is -2.14. The number of carbonyl (C=O) groups excluding carboxylic acids is 1. The molecule has 2 bridgehead atoms. The summed E-state index contributed by atoms with van der Waals surface area (Å²) in [6.07, 6.45) is 3.35. The molecule has 152 valence electrons. The lowest BCUT2D eigenvalue weighted by molar-refractivity contribution is 0.0698. The number of likely N-dealkylation sites (tertiary alicyclic amines) is 1. The number of fused-ring (bicyclic) bond motifs is 3. The molecule has 1 aliphatic heterocycles. The Bertz CT molecular complexity index is 1080. The molecular formula is C24H27FN2OS. The fraction of sp³-hybridized carbons (Fsp3) is 0.458. The molecule has 3 heterocycles. The second-order valence-corrected chi connectivity index (χ2v) is 11.0. The molecule has 3 aromatic rings. The molecule has 2 fully saturated rings. The molecule has 5 heteroatoms. The van der Waals surface area contributed by atoms with Crippen LogP contribution in [-0.4, -0.2) is 28.0 Å². The van der Waals surface area contributed by atoms with Crippen LogP contribution in [0.25, 0.3) is 10.2 Å². The van der Waals surface area contributed by atoms with Crippen molar-refractivity contribution in [3.05, 3.63) is 58.9 Å². The smallest absolute Gasteiger partial charge is 0.270 e. The van der Waals surface area contributed by atoms with Gasteiger partial charge in [-0.1, -0.05) is 32.9 Å². The van der Waals surface area contributed by atoms with Crippen molar-refractivity contribution >= 4 is 27.5 Å². The lowest BCUT2D eigenvalue weighted by Crippen LogP contribution is -2.38. The highest BCUT2D eigenvalue weighted by molar-refractivity contribution is 7.16. The lowest BCUT2D eigenvalue weighted by atomic mass is 9.65. The molecule has 2 aromatic heterocycles. The van der Waals surface area contributed by atoms with Gasteiger partial charge >= 0.3 is 0 Å². The van der Waals surface area contributed by atoms with Crippen LogP contribution in [0.1, 0.15) is 56.1 Å². The van der Waals surface area contributed by atoms with Crippen molar-refractivity contribution < 1.29 is 9.18 Å². The van der Waals surface area contributed by atoms with Crippen LogP contribution in [0.4, 0.5) is 4.39 Å². The van der Waals surface area contributed by atoms with Crippen molar-refractivity contribution in [3.63, 3.8) is 0 Å². The van der Waals surface area contributed by atoms with Gasteiger partial charge in [0.25, 0.3) is 5.91 Å². The van der Waals surface area contributed by atoms with Crippen LogP contribution in [0.15, 0.2) is 41.8 Å². The highest BCUT2D eigenvalue weighted by Gasteiger charge is 2.51. The van der Waals surface area contributed by atoms with E-state index in [1.807, 2.05) is 6.07 Å². The van der Waals surface area contributed by atoms with Gasteiger partial charge in [-0.3, -0.25) is 4.79 Å². The van der Waals surface area contributed by atoms with Gasteiger partial charge in [0, 0.05) is 24.5 Å². The van der Waals surface area contributed by atoms with Gasteiger partial charge < -0.3 is 9.47 Å². The zero-order chi connectivity index (χ0) is 20.4. The van der Waals surface area contributed by atoms with Gasteiger partial charge in [0.1, 0.15) is 16.3 Å². The third-order valence-corrected chi connectivity index (χ3v) is 7.60. The molecule has 2 unspecified atom stereocenters. The first-order valence-electron chi connectivity index (χ1n) is 10.4. The molecule has 0 spiro atoms. The largest absolute Gasteiger partial charge is 0.334 e. The second-order valence-electron chi connectivity index (χ2n) is 10.1. The molecule has 1 saturated carbocycles. The lowest BCUT2D eigenvalue weighted by Gasteiger charge is -2.39. The van der Waals surface area contributed by atoms with Gasteiger partial charge in [0.15, 0.2) is 0 Å². The van der Waals surface area contributed by atoms with Gasteiger partial charge in [-0.2, -0.15) is 0 Å². The molecule has 1 saturated heterocycles. The summed E-state index contributed by atoms with van der Waals surface area (Å²) in [4.78, 5) is 17.0. The Morgan fingerprint density at radius 2 is 1.93 bits per heavy atom. The monoisotopic (exact) mass is 410 g/mol. The van der Waals surface area contributed by atoms with E-state index in [2.05, 4.69) is 41.7 Å². The normalized spacial score (nSPS) is 25.7. The minimum Gasteiger partial charge on any atom is -0.334 e. The molecule has 1 aromatic carbocycles. The number of hydrogen-bond donors (Lipinski definition) is 0. The van der Waals surface area contributed by atoms with Crippen molar-refractivity contribution in [3.8, 4) is 0 Å². The number of rotatable bonds is 3. The van der Waals surface area contributed by atoms with Crippen molar-refractivity contribution in [2.24, 2.45) is 10.8 Å². The summed E-state index contributed by atoms with van der Waals surface area (Å²) in [5.41, 5.74) is 2.25. The third-order valence-electron chi connectivity index (χ3n) is 6.65. The molecule has 3 nitrogen and oxygen atoms in total. The van der Waals surface area contributed by atoms with Crippen molar-refractivity contribution in [2.45, 2.75) is 52.6 Å². The summed E-state index contributed by atoms with van der Waals surface area (Å²) >= 11 is 1.65. The quantitative estimate of drug-likeness (QED) is 0.525. The average molecular weight is 411 g/mol. The van der Waals surface area contributed by atoms with E-state index in [9.17, 15) is 9.18 Å². The van der Waals surface area contributed by atoms with E-state index in [0.29, 0.717) is 12.6 Å². The molecule has 29 heavy (non-hydrogen) atoms. The Kier molecular flexibility index (Phi) is 4.18. The van der Waals surface area contributed by atoms with E-state index < -0.39 is 0 Å². The number of halogens is 1. The average Bonchev–Trinajstić information content (AvgIpc) is 3.28. The van der Waals surface area contributed by atoms with Gasteiger partial charge in [-0.05, 0) is 65.3 Å². The molecular weight excluding hydrogens is 383 g/mol. The predicted molar refractivity (Wildman–Crippen MR) is 116 cm³/mol. The molecule has 5 rings (SSSR count). The Labute approximate surface area is 175 Å². The number of amides is 1. The zero-order valence-electron chi connectivity index (χ0n) is 17.2. The first kappa shape index (κ1) is 18.9. The van der Waals surface area contributed by atoms with Crippen LogP contribution in [-0.2, 0) is 6.54 Å². The molecule has 2 aliphatic rings. The van der Waals surface area contributed by atoms with Crippen LogP contribution in [0, 0.1) is 16.6 Å². The highest BCUT2D eigenvalue weighted by atomic mass is 32.1. The number of carbonyl (C=O) groups is 1. The zero-order valence-corrected chi connectivity index (χ0v) is 18.1. The Morgan fingerprint density at radius 3 is 2.69 bits per heavy atom. The first-order valence-corrected chi connectivity index (χ1v) is 11.2. The van der Waals surface area contributed by atoms with E-state index in [4.69, 9.17) is 0 Å². The van der Waals surface area contributed by atoms with E-state index in [-0.39, 0.29) is 22.6 Å². The molecule has 1 aliphatic carbocycles. The predicted octanol–water partition coefficient (Wildman–Crippen LogP) is 5.93. The fourth-order valence-corrected chi connectivity index (χ4v) is 6.82. The fourth-order valence-electron chi connectivity index (χ4n) is 5.93. The van der Waals surface area contributed by atoms with Crippen molar-refractivity contribution in [1.29, 1.82) is 0 Å². The van der Waals surface area contributed by atoms with Crippen LogP contribution in [0.3, 0.4) is 0 Å². The number of benzene rings is 1. The molecule has 1 amide bonds.